The second kappa shape index (κ2) is 7.80. The Morgan fingerprint density at radius 1 is 1.00 bits per heavy atom. The normalized spacial score (nSPS) is 10.8. The molecule has 0 aromatic heterocycles. The number of amides is 2. The molecule has 0 unspecified atom stereocenters. The molecule has 0 heterocycles. The molecular weight excluding hydrogens is 350 g/mol. The number of hydrazone groups is 1. The Bertz CT molecular complexity index is 1010. The van der Waals surface area contributed by atoms with Crippen molar-refractivity contribution in [1.82, 2.24) is 5.43 Å². The van der Waals surface area contributed by atoms with Crippen LogP contribution in [0.5, 0.6) is 0 Å². The first-order chi connectivity index (χ1) is 12.5. The summed E-state index contributed by atoms with van der Waals surface area (Å²) in [5, 5.41) is 9.05. The van der Waals surface area contributed by atoms with Crippen molar-refractivity contribution in [3.8, 4) is 0 Å². The van der Waals surface area contributed by atoms with Crippen molar-refractivity contribution >= 4 is 46.1 Å². The minimum Gasteiger partial charge on any atom is -0.317 e. The minimum absolute atomic E-state index is 0.521. The first-order valence-electron chi connectivity index (χ1n) is 7.93. The zero-order valence-corrected chi connectivity index (χ0v) is 14.7. The molecular formula is C20H16ClN3O2. The molecule has 3 aromatic carbocycles. The van der Waals surface area contributed by atoms with Gasteiger partial charge in [-0.05, 0) is 41.5 Å². The van der Waals surface area contributed by atoms with Crippen LogP contribution in [0, 0.1) is 6.92 Å². The second-order valence-electron chi connectivity index (χ2n) is 5.68. The van der Waals surface area contributed by atoms with Crippen LogP contribution in [-0.4, -0.2) is 18.0 Å². The lowest BCUT2D eigenvalue weighted by Gasteiger charge is -2.07. The number of halogens is 1. The monoisotopic (exact) mass is 365 g/mol. The van der Waals surface area contributed by atoms with Gasteiger partial charge in [0.15, 0.2) is 0 Å². The van der Waals surface area contributed by atoms with Gasteiger partial charge < -0.3 is 5.32 Å². The number of rotatable bonds is 3. The molecule has 0 fully saturated rings. The zero-order valence-electron chi connectivity index (χ0n) is 14.0. The van der Waals surface area contributed by atoms with Crippen molar-refractivity contribution < 1.29 is 9.59 Å². The largest absolute Gasteiger partial charge is 0.329 e. The predicted molar refractivity (Wildman–Crippen MR) is 105 cm³/mol. The molecule has 26 heavy (non-hydrogen) atoms. The molecule has 3 rings (SSSR count). The molecule has 0 aliphatic rings. The summed E-state index contributed by atoms with van der Waals surface area (Å²) in [6, 6.07) is 18.6. The third-order valence-corrected chi connectivity index (χ3v) is 4.07. The van der Waals surface area contributed by atoms with Gasteiger partial charge in [0.1, 0.15) is 0 Å². The third kappa shape index (κ3) is 4.07. The summed E-state index contributed by atoms with van der Waals surface area (Å²) < 4.78 is 0. The van der Waals surface area contributed by atoms with E-state index in [9.17, 15) is 9.59 Å². The van der Waals surface area contributed by atoms with Gasteiger partial charge in [-0.1, -0.05) is 54.1 Å². The number of aryl methyl sites for hydroxylation is 1. The van der Waals surface area contributed by atoms with Crippen LogP contribution in [0.1, 0.15) is 11.1 Å². The van der Waals surface area contributed by atoms with E-state index < -0.39 is 11.8 Å². The van der Waals surface area contributed by atoms with Gasteiger partial charge >= 0.3 is 11.8 Å². The van der Waals surface area contributed by atoms with Crippen molar-refractivity contribution in [1.29, 1.82) is 0 Å². The number of nitrogens with zero attached hydrogens (tertiary/aromatic N) is 1. The Morgan fingerprint density at radius 3 is 2.58 bits per heavy atom. The Kier molecular flexibility index (Phi) is 5.29. The molecule has 130 valence electrons. The Hall–Kier alpha value is -3.18. The number of carbonyl (C=O) groups excluding carboxylic acids is 2. The van der Waals surface area contributed by atoms with Crippen LogP contribution in [0.4, 0.5) is 5.69 Å². The summed E-state index contributed by atoms with van der Waals surface area (Å²) in [6.07, 6.45) is 1.51. The van der Waals surface area contributed by atoms with E-state index in [4.69, 9.17) is 11.6 Å². The lowest BCUT2D eigenvalue weighted by molar-refractivity contribution is -0.136. The molecule has 6 heteroatoms. The van der Waals surface area contributed by atoms with E-state index in [1.807, 2.05) is 42.5 Å². The molecule has 0 aliphatic heterocycles. The van der Waals surface area contributed by atoms with Gasteiger partial charge in [-0.25, -0.2) is 5.43 Å². The molecule has 0 bridgehead atoms. The number of anilines is 1. The highest BCUT2D eigenvalue weighted by molar-refractivity contribution is 6.39. The highest BCUT2D eigenvalue weighted by atomic mass is 35.5. The highest BCUT2D eigenvalue weighted by Crippen LogP contribution is 2.19. The Morgan fingerprint density at radius 2 is 1.77 bits per heavy atom. The maximum absolute atomic E-state index is 12.0. The van der Waals surface area contributed by atoms with E-state index in [1.54, 1.807) is 25.1 Å². The number of hydrogen-bond acceptors (Lipinski definition) is 3. The van der Waals surface area contributed by atoms with Gasteiger partial charge in [0.2, 0.25) is 0 Å². The lowest BCUT2D eigenvalue weighted by Crippen LogP contribution is -2.32. The Balaban J connectivity index is 1.66. The molecule has 5 nitrogen and oxygen atoms in total. The average Bonchev–Trinajstić information content (AvgIpc) is 2.64. The maximum Gasteiger partial charge on any atom is 0.329 e. The zero-order chi connectivity index (χ0) is 18.5. The van der Waals surface area contributed by atoms with Crippen LogP contribution >= 0.6 is 11.6 Å². The summed E-state index contributed by atoms with van der Waals surface area (Å²) in [5.74, 6) is -1.65. The Labute approximate surface area is 155 Å². The first kappa shape index (κ1) is 17.6. The minimum atomic E-state index is -0.851. The standard InChI is InChI=1S/C20H16ClN3O2/c1-13-11-16(21)9-10-18(13)23-19(25)20(26)24-22-12-15-7-4-6-14-5-2-3-8-17(14)15/h2-12H,1H3,(H,23,25)(H,24,26)/b22-12-. The summed E-state index contributed by atoms with van der Waals surface area (Å²) in [7, 11) is 0. The smallest absolute Gasteiger partial charge is 0.317 e. The van der Waals surface area contributed by atoms with Gasteiger partial charge in [-0.15, -0.1) is 0 Å². The lowest BCUT2D eigenvalue weighted by atomic mass is 10.1. The first-order valence-corrected chi connectivity index (χ1v) is 8.31. The molecule has 2 N–H and O–H groups in total. The molecule has 0 aliphatic carbocycles. The van der Waals surface area contributed by atoms with Gasteiger partial charge in [0.25, 0.3) is 0 Å². The van der Waals surface area contributed by atoms with Crippen LogP contribution < -0.4 is 10.7 Å². The van der Waals surface area contributed by atoms with E-state index in [2.05, 4.69) is 15.8 Å². The van der Waals surface area contributed by atoms with Crippen molar-refractivity contribution in [3.63, 3.8) is 0 Å². The van der Waals surface area contributed by atoms with Crippen LogP contribution in [-0.2, 0) is 9.59 Å². The van der Waals surface area contributed by atoms with Crippen LogP contribution in [0.25, 0.3) is 10.8 Å². The number of fused-ring (bicyclic) bond motifs is 1. The summed E-state index contributed by atoms with van der Waals surface area (Å²) in [4.78, 5) is 23.9. The van der Waals surface area contributed by atoms with Gasteiger partial charge in [0, 0.05) is 16.3 Å². The van der Waals surface area contributed by atoms with Gasteiger partial charge in [0.05, 0.1) is 6.21 Å². The number of hydrogen-bond donors (Lipinski definition) is 2. The third-order valence-electron chi connectivity index (χ3n) is 3.84. The fourth-order valence-electron chi connectivity index (χ4n) is 2.52. The molecule has 0 saturated carbocycles. The quantitative estimate of drug-likeness (QED) is 0.420. The van der Waals surface area contributed by atoms with E-state index in [-0.39, 0.29) is 0 Å². The van der Waals surface area contributed by atoms with Crippen molar-refractivity contribution in [2.75, 3.05) is 5.32 Å². The van der Waals surface area contributed by atoms with Crippen molar-refractivity contribution in [2.45, 2.75) is 6.92 Å². The molecule has 0 radical (unpaired) electrons. The summed E-state index contributed by atoms with van der Waals surface area (Å²) in [5.41, 5.74) is 4.37. The average molecular weight is 366 g/mol. The highest BCUT2D eigenvalue weighted by Gasteiger charge is 2.14. The number of benzene rings is 3. The molecule has 0 spiro atoms. The second-order valence-corrected chi connectivity index (χ2v) is 6.12. The van der Waals surface area contributed by atoms with E-state index in [0.717, 1.165) is 21.9 Å². The van der Waals surface area contributed by atoms with Crippen LogP contribution in [0.15, 0.2) is 65.8 Å². The van der Waals surface area contributed by atoms with Crippen LogP contribution in [0.3, 0.4) is 0 Å². The molecule has 0 saturated heterocycles. The van der Waals surface area contributed by atoms with Crippen molar-refractivity contribution in [3.05, 3.63) is 76.8 Å². The van der Waals surface area contributed by atoms with E-state index >= 15 is 0 Å². The van der Waals surface area contributed by atoms with E-state index in [1.165, 1.54) is 6.21 Å². The summed E-state index contributed by atoms with van der Waals surface area (Å²) >= 11 is 5.87. The maximum atomic E-state index is 12.0. The molecule has 2 amide bonds. The summed E-state index contributed by atoms with van der Waals surface area (Å²) in [6.45, 7) is 1.79. The van der Waals surface area contributed by atoms with Crippen molar-refractivity contribution in [2.24, 2.45) is 5.10 Å². The molecule has 0 atom stereocenters. The number of carbonyl (C=O) groups is 2. The topological polar surface area (TPSA) is 70.6 Å². The number of nitrogens with one attached hydrogen (secondary N) is 2. The van der Waals surface area contributed by atoms with Gasteiger partial charge in [-0.2, -0.15) is 5.10 Å². The van der Waals surface area contributed by atoms with E-state index in [0.29, 0.717) is 10.7 Å². The van der Waals surface area contributed by atoms with Crippen LogP contribution in [0.2, 0.25) is 5.02 Å². The fraction of sp³-hybridized carbons (Fsp3) is 0.0500. The molecule has 3 aromatic rings. The SMILES string of the molecule is Cc1cc(Cl)ccc1NC(=O)C(=O)N/N=C\c1cccc2ccccc12. The predicted octanol–water partition coefficient (Wildman–Crippen LogP) is 3.89. The van der Waals surface area contributed by atoms with Gasteiger partial charge in [-0.3, -0.25) is 9.59 Å². The fourth-order valence-corrected chi connectivity index (χ4v) is 2.75.